The molecule has 0 aliphatic carbocycles. The standard InChI is InChI=1S/C14H20N4O3/c1-10(9-18-7-2-3-8-18)16-14(21)17-11-5-4-6-15-12(11)13(19)20/h4-6,10H,2-3,7-9H2,1H3,(H,19,20)(H2,16,17,21). The second kappa shape index (κ2) is 7.03. The van der Waals surface area contributed by atoms with Gasteiger partial charge in [-0.3, -0.25) is 0 Å². The first-order valence-electron chi connectivity index (χ1n) is 7.04. The van der Waals surface area contributed by atoms with Crippen LogP contribution in [0, 0.1) is 0 Å². The van der Waals surface area contributed by atoms with Crippen LogP contribution in [0.5, 0.6) is 0 Å². The monoisotopic (exact) mass is 292 g/mol. The number of aromatic carboxylic acids is 1. The fraction of sp³-hybridized carbons (Fsp3) is 0.500. The van der Waals surface area contributed by atoms with Crippen LogP contribution in [-0.4, -0.2) is 52.7 Å². The fourth-order valence-electron chi connectivity index (χ4n) is 2.46. The molecule has 0 saturated carbocycles. The Bertz CT molecular complexity index is 515. The third kappa shape index (κ3) is 4.42. The van der Waals surface area contributed by atoms with Crippen LogP contribution >= 0.6 is 0 Å². The lowest BCUT2D eigenvalue weighted by Gasteiger charge is -2.21. The van der Waals surface area contributed by atoms with Crippen LogP contribution in [0.15, 0.2) is 18.3 Å². The molecule has 0 spiro atoms. The van der Waals surface area contributed by atoms with E-state index < -0.39 is 12.0 Å². The first kappa shape index (κ1) is 15.2. The highest BCUT2D eigenvalue weighted by molar-refractivity contribution is 5.98. The van der Waals surface area contributed by atoms with Gasteiger partial charge in [0.25, 0.3) is 0 Å². The zero-order valence-corrected chi connectivity index (χ0v) is 12.0. The lowest BCUT2D eigenvalue weighted by Crippen LogP contribution is -2.43. The second-order valence-electron chi connectivity index (χ2n) is 5.21. The number of aromatic nitrogens is 1. The Morgan fingerprint density at radius 2 is 2.14 bits per heavy atom. The van der Waals surface area contributed by atoms with Crippen LogP contribution in [0.2, 0.25) is 0 Å². The van der Waals surface area contributed by atoms with E-state index in [0.717, 1.165) is 19.6 Å². The van der Waals surface area contributed by atoms with Gasteiger partial charge >= 0.3 is 12.0 Å². The number of likely N-dealkylation sites (tertiary alicyclic amines) is 1. The summed E-state index contributed by atoms with van der Waals surface area (Å²) in [5.74, 6) is -1.17. The Labute approximate surface area is 123 Å². The van der Waals surface area contributed by atoms with Crippen LogP contribution in [0.1, 0.15) is 30.3 Å². The summed E-state index contributed by atoms with van der Waals surface area (Å²) < 4.78 is 0. The van der Waals surface area contributed by atoms with Crippen molar-refractivity contribution < 1.29 is 14.7 Å². The fourth-order valence-corrected chi connectivity index (χ4v) is 2.46. The van der Waals surface area contributed by atoms with Crippen molar-refractivity contribution in [3.05, 3.63) is 24.0 Å². The number of amides is 2. The number of carboxylic acid groups (broad SMARTS) is 1. The summed E-state index contributed by atoms with van der Waals surface area (Å²) in [4.78, 5) is 29.0. The Morgan fingerprint density at radius 3 is 2.81 bits per heavy atom. The van der Waals surface area contributed by atoms with Crippen molar-refractivity contribution in [3.8, 4) is 0 Å². The number of hydrogen-bond acceptors (Lipinski definition) is 4. The summed E-state index contributed by atoms with van der Waals surface area (Å²) in [6.45, 7) is 4.87. The SMILES string of the molecule is CC(CN1CCCC1)NC(=O)Nc1cccnc1C(=O)O. The number of carbonyl (C=O) groups is 2. The van der Waals surface area contributed by atoms with Crippen LogP contribution in [0.25, 0.3) is 0 Å². The van der Waals surface area contributed by atoms with Gasteiger partial charge in [-0.25, -0.2) is 14.6 Å². The summed E-state index contributed by atoms with van der Waals surface area (Å²) in [5.41, 5.74) is 0.0238. The number of carbonyl (C=O) groups excluding carboxylic acids is 1. The molecule has 1 fully saturated rings. The topological polar surface area (TPSA) is 94.6 Å². The van der Waals surface area contributed by atoms with E-state index in [4.69, 9.17) is 5.11 Å². The lowest BCUT2D eigenvalue weighted by molar-refractivity contribution is 0.0692. The molecule has 7 heteroatoms. The van der Waals surface area contributed by atoms with Crippen LogP contribution in [0.4, 0.5) is 10.5 Å². The van der Waals surface area contributed by atoms with E-state index in [9.17, 15) is 9.59 Å². The van der Waals surface area contributed by atoms with Gasteiger partial charge in [0.15, 0.2) is 5.69 Å². The first-order valence-corrected chi connectivity index (χ1v) is 7.04. The van der Waals surface area contributed by atoms with Gasteiger partial charge < -0.3 is 20.6 Å². The molecule has 1 aromatic rings. The molecule has 7 nitrogen and oxygen atoms in total. The maximum absolute atomic E-state index is 11.9. The van der Waals surface area contributed by atoms with Crippen LogP contribution < -0.4 is 10.6 Å². The average Bonchev–Trinajstić information content (AvgIpc) is 2.91. The van der Waals surface area contributed by atoms with E-state index in [1.807, 2.05) is 6.92 Å². The normalized spacial score (nSPS) is 16.4. The molecule has 0 radical (unpaired) electrons. The van der Waals surface area contributed by atoms with Crippen molar-refractivity contribution in [2.24, 2.45) is 0 Å². The van der Waals surface area contributed by atoms with Crippen molar-refractivity contribution in [2.45, 2.75) is 25.8 Å². The van der Waals surface area contributed by atoms with Crippen molar-refractivity contribution in [2.75, 3.05) is 25.0 Å². The zero-order chi connectivity index (χ0) is 15.2. The van der Waals surface area contributed by atoms with Crippen molar-refractivity contribution in [1.29, 1.82) is 0 Å². The number of carboxylic acids is 1. The van der Waals surface area contributed by atoms with Crippen LogP contribution in [0.3, 0.4) is 0 Å². The minimum absolute atomic E-state index is 0.00644. The Balaban J connectivity index is 1.88. The number of rotatable bonds is 5. The summed E-state index contributed by atoms with van der Waals surface area (Å²) >= 11 is 0. The van der Waals surface area contributed by atoms with Crippen LogP contribution in [-0.2, 0) is 0 Å². The van der Waals surface area contributed by atoms with E-state index in [-0.39, 0.29) is 17.4 Å². The van der Waals surface area contributed by atoms with E-state index in [1.54, 1.807) is 6.07 Å². The molecular weight excluding hydrogens is 272 g/mol. The number of nitrogens with zero attached hydrogens (tertiary/aromatic N) is 2. The Hall–Kier alpha value is -2.15. The summed E-state index contributed by atoms with van der Waals surface area (Å²) in [6.07, 6.45) is 3.79. The number of anilines is 1. The predicted octanol–water partition coefficient (Wildman–Crippen LogP) is 1.39. The summed E-state index contributed by atoms with van der Waals surface area (Å²) in [5, 5.41) is 14.4. The van der Waals surface area contributed by atoms with Gasteiger partial charge in [-0.1, -0.05) is 0 Å². The third-order valence-corrected chi connectivity index (χ3v) is 3.37. The predicted molar refractivity (Wildman–Crippen MR) is 78.5 cm³/mol. The smallest absolute Gasteiger partial charge is 0.356 e. The second-order valence-corrected chi connectivity index (χ2v) is 5.21. The molecule has 0 bridgehead atoms. The van der Waals surface area contributed by atoms with Gasteiger partial charge in [0.1, 0.15) is 0 Å². The van der Waals surface area contributed by atoms with Gasteiger partial charge in [-0.05, 0) is 45.0 Å². The molecular formula is C14H20N4O3. The van der Waals surface area contributed by atoms with E-state index in [0.29, 0.717) is 0 Å². The molecule has 2 amide bonds. The minimum Gasteiger partial charge on any atom is -0.476 e. The lowest BCUT2D eigenvalue weighted by atomic mass is 10.3. The van der Waals surface area contributed by atoms with E-state index in [1.165, 1.54) is 25.1 Å². The molecule has 1 atom stereocenters. The van der Waals surface area contributed by atoms with Crippen molar-refractivity contribution in [1.82, 2.24) is 15.2 Å². The number of hydrogen-bond donors (Lipinski definition) is 3. The highest BCUT2D eigenvalue weighted by Gasteiger charge is 2.17. The van der Waals surface area contributed by atoms with Gasteiger partial charge in [-0.15, -0.1) is 0 Å². The van der Waals surface area contributed by atoms with E-state index in [2.05, 4.69) is 20.5 Å². The van der Waals surface area contributed by atoms with Gasteiger partial charge in [0, 0.05) is 18.8 Å². The molecule has 1 aliphatic heterocycles. The maximum atomic E-state index is 11.9. The molecule has 1 aliphatic rings. The molecule has 114 valence electrons. The molecule has 21 heavy (non-hydrogen) atoms. The number of pyridine rings is 1. The van der Waals surface area contributed by atoms with Gasteiger partial charge in [0.2, 0.25) is 0 Å². The number of nitrogens with one attached hydrogen (secondary N) is 2. The molecule has 2 rings (SSSR count). The zero-order valence-electron chi connectivity index (χ0n) is 12.0. The molecule has 0 aromatic carbocycles. The molecule has 1 aromatic heterocycles. The average molecular weight is 292 g/mol. The summed E-state index contributed by atoms with van der Waals surface area (Å²) in [6, 6.07) is 2.67. The number of urea groups is 1. The molecule has 2 heterocycles. The van der Waals surface area contributed by atoms with E-state index >= 15 is 0 Å². The Kier molecular flexibility index (Phi) is 5.10. The largest absolute Gasteiger partial charge is 0.476 e. The molecule has 1 saturated heterocycles. The minimum atomic E-state index is -1.17. The molecule has 3 N–H and O–H groups in total. The quantitative estimate of drug-likeness (QED) is 0.762. The maximum Gasteiger partial charge on any atom is 0.356 e. The molecule has 1 unspecified atom stereocenters. The highest BCUT2D eigenvalue weighted by atomic mass is 16.4. The van der Waals surface area contributed by atoms with Gasteiger partial charge in [0.05, 0.1) is 5.69 Å². The highest BCUT2D eigenvalue weighted by Crippen LogP contribution is 2.12. The first-order chi connectivity index (χ1) is 10.1. The third-order valence-electron chi connectivity index (χ3n) is 3.37. The van der Waals surface area contributed by atoms with Crippen molar-refractivity contribution in [3.63, 3.8) is 0 Å². The Morgan fingerprint density at radius 1 is 1.43 bits per heavy atom. The summed E-state index contributed by atoms with van der Waals surface area (Å²) in [7, 11) is 0. The van der Waals surface area contributed by atoms with Gasteiger partial charge in [-0.2, -0.15) is 0 Å². The van der Waals surface area contributed by atoms with Crippen molar-refractivity contribution >= 4 is 17.7 Å².